The molecule has 0 saturated heterocycles. The number of anilines is 1. The first-order valence-corrected chi connectivity index (χ1v) is 13.1. The number of ether oxygens (including phenoxy) is 1. The Morgan fingerprint density at radius 1 is 1.08 bits per heavy atom. The summed E-state index contributed by atoms with van der Waals surface area (Å²) in [6.07, 6.45) is 0.719. The van der Waals surface area contributed by atoms with Gasteiger partial charge in [-0.1, -0.05) is 31.2 Å². The average Bonchev–Trinajstić information content (AvgIpc) is 3.30. The minimum atomic E-state index is -0.365. The summed E-state index contributed by atoms with van der Waals surface area (Å²) in [6, 6.07) is 21.3. The molecule has 0 radical (unpaired) electrons. The number of para-hydroxylation sites is 1. The third kappa shape index (κ3) is 4.12. The van der Waals surface area contributed by atoms with Gasteiger partial charge in [0.15, 0.2) is 0 Å². The molecule has 0 bridgehead atoms. The van der Waals surface area contributed by atoms with Crippen molar-refractivity contribution in [3.8, 4) is 5.75 Å². The molecule has 0 fully saturated rings. The number of ketones is 1. The summed E-state index contributed by atoms with van der Waals surface area (Å²) in [7, 11) is 1.68. The van der Waals surface area contributed by atoms with Crippen LogP contribution in [0.4, 0.5) is 15.8 Å². The monoisotopic (exact) mass is 510 g/mol. The molecule has 6 rings (SSSR count). The van der Waals surface area contributed by atoms with Crippen LogP contribution in [0.5, 0.6) is 5.75 Å². The SMILES string of the molecule is CCC(=O)CC1c2cccc(F)c2N=C(N2CCn3c(cc4ccc(OC)cc43)C2)N1c1cccc(C)c1. The van der Waals surface area contributed by atoms with Gasteiger partial charge in [0.25, 0.3) is 0 Å². The maximum Gasteiger partial charge on any atom is 0.207 e. The van der Waals surface area contributed by atoms with Crippen LogP contribution < -0.4 is 9.64 Å². The molecular weight excluding hydrogens is 479 g/mol. The minimum Gasteiger partial charge on any atom is -0.497 e. The first-order chi connectivity index (χ1) is 18.5. The molecule has 0 saturated carbocycles. The fourth-order valence-corrected chi connectivity index (χ4v) is 5.69. The maximum absolute atomic E-state index is 15.2. The second-order valence-corrected chi connectivity index (χ2v) is 10.0. The van der Waals surface area contributed by atoms with E-state index in [0.717, 1.165) is 45.7 Å². The molecule has 0 spiro atoms. The van der Waals surface area contributed by atoms with Crippen molar-refractivity contribution in [1.29, 1.82) is 0 Å². The highest BCUT2D eigenvalue weighted by Crippen LogP contribution is 2.42. The number of nitrogens with zero attached hydrogens (tertiary/aromatic N) is 4. The van der Waals surface area contributed by atoms with Crippen LogP contribution in [0.1, 0.15) is 42.6 Å². The number of rotatable bonds is 5. The number of hydrogen-bond acceptors (Lipinski definition) is 5. The number of halogens is 1. The quantitative estimate of drug-likeness (QED) is 0.306. The van der Waals surface area contributed by atoms with Crippen molar-refractivity contribution >= 4 is 34.0 Å². The lowest BCUT2D eigenvalue weighted by molar-refractivity contribution is -0.119. The zero-order valence-electron chi connectivity index (χ0n) is 21.9. The van der Waals surface area contributed by atoms with E-state index in [4.69, 9.17) is 9.73 Å². The Labute approximate surface area is 222 Å². The highest BCUT2D eigenvalue weighted by atomic mass is 19.1. The Bertz CT molecular complexity index is 1570. The number of carbonyl (C=O) groups excluding carboxylic acids is 1. The van der Waals surface area contributed by atoms with Crippen LogP contribution in [0.3, 0.4) is 0 Å². The molecule has 0 amide bonds. The van der Waals surface area contributed by atoms with E-state index < -0.39 is 0 Å². The number of carbonyl (C=O) groups is 1. The second kappa shape index (κ2) is 9.63. The molecule has 6 nitrogen and oxygen atoms in total. The largest absolute Gasteiger partial charge is 0.497 e. The first-order valence-electron chi connectivity index (χ1n) is 13.1. The van der Waals surface area contributed by atoms with Crippen LogP contribution >= 0.6 is 0 Å². The van der Waals surface area contributed by atoms with Crippen molar-refractivity contribution in [2.75, 3.05) is 18.6 Å². The average molecular weight is 511 g/mol. The van der Waals surface area contributed by atoms with Gasteiger partial charge in [0.2, 0.25) is 5.96 Å². The van der Waals surface area contributed by atoms with Crippen molar-refractivity contribution in [2.45, 2.75) is 45.8 Å². The molecule has 4 aromatic rings. The van der Waals surface area contributed by atoms with Gasteiger partial charge in [-0.05, 0) is 48.9 Å². The number of benzene rings is 3. The maximum atomic E-state index is 15.2. The number of Topliss-reactive ketones (excluding diaryl/α,β-unsaturated/α-hetero) is 1. The van der Waals surface area contributed by atoms with Gasteiger partial charge in [0.05, 0.1) is 25.2 Å². The number of methoxy groups -OCH3 is 1. The molecule has 194 valence electrons. The van der Waals surface area contributed by atoms with Gasteiger partial charge < -0.3 is 19.1 Å². The summed E-state index contributed by atoms with van der Waals surface area (Å²) < 4.78 is 23.0. The van der Waals surface area contributed by atoms with Gasteiger partial charge in [-0.15, -0.1) is 0 Å². The highest BCUT2D eigenvalue weighted by molar-refractivity contribution is 6.01. The summed E-state index contributed by atoms with van der Waals surface area (Å²) >= 11 is 0. The number of aryl methyl sites for hydroxylation is 1. The number of fused-ring (bicyclic) bond motifs is 4. The predicted octanol–water partition coefficient (Wildman–Crippen LogP) is 6.53. The van der Waals surface area contributed by atoms with Gasteiger partial charge in [-0.2, -0.15) is 0 Å². The second-order valence-electron chi connectivity index (χ2n) is 10.0. The summed E-state index contributed by atoms with van der Waals surface area (Å²) in [5.41, 5.74) is 5.44. The van der Waals surface area contributed by atoms with E-state index in [1.807, 2.05) is 31.2 Å². The molecule has 0 N–H and O–H groups in total. The minimum absolute atomic E-state index is 0.136. The first kappa shape index (κ1) is 24.2. The summed E-state index contributed by atoms with van der Waals surface area (Å²) in [5, 5.41) is 1.16. The topological polar surface area (TPSA) is 50.1 Å². The number of hydrogen-bond donors (Lipinski definition) is 0. The van der Waals surface area contributed by atoms with Crippen LogP contribution in [0, 0.1) is 12.7 Å². The number of aromatic nitrogens is 1. The van der Waals surface area contributed by atoms with E-state index >= 15 is 4.39 Å². The van der Waals surface area contributed by atoms with Gasteiger partial charge in [0.1, 0.15) is 23.0 Å². The van der Waals surface area contributed by atoms with Gasteiger partial charge >= 0.3 is 0 Å². The van der Waals surface area contributed by atoms with E-state index in [2.05, 4.69) is 51.6 Å². The van der Waals surface area contributed by atoms with E-state index in [9.17, 15) is 4.79 Å². The zero-order valence-corrected chi connectivity index (χ0v) is 21.9. The lowest BCUT2D eigenvalue weighted by Gasteiger charge is -2.43. The normalized spacial score (nSPS) is 16.7. The van der Waals surface area contributed by atoms with E-state index in [-0.39, 0.29) is 24.1 Å². The highest BCUT2D eigenvalue weighted by Gasteiger charge is 2.37. The van der Waals surface area contributed by atoms with Gasteiger partial charge in [-0.3, -0.25) is 4.79 Å². The van der Waals surface area contributed by atoms with E-state index in [1.54, 1.807) is 13.2 Å². The van der Waals surface area contributed by atoms with Crippen LogP contribution in [0.15, 0.2) is 71.7 Å². The Balaban J connectivity index is 1.48. The van der Waals surface area contributed by atoms with Crippen LogP contribution in [0.2, 0.25) is 0 Å². The Kier molecular flexibility index (Phi) is 6.14. The molecular formula is C31H31FN4O2. The Hall–Kier alpha value is -4.13. The van der Waals surface area contributed by atoms with Crippen molar-refractivity contribution < 1.29 is 13.9 Å². The molecule has 1 atom stereocenters. The summed E-state index contributed by atoms with van der Waals surface area (Å²) in [4.78, 5) is 22.1. The summed E-state index contributed by atoms with van der Waals surface area (Å²) in [6.45, 7) is 6.01. The van der Waals surface area contributed by atoms with Crippen molar-refractivity contribution in [3.05, 3.63) is 89.4 Å². The van der Waals surface area contributed by atoms with E-state index in [0.29, 0.717) is 31.2 Å². The molecule has 2 aliphatic rings. The van der Waals surface area contributed by atoms with Crippen molar-refractivity contribution in [1.82, 2.24) is 9.47 Å². The van der Waals surface area contributed by atoms with Crippen LogP contribution in [-0.2, 0) is 17.9 Å². The Morgan fingerprint density at radius 2 is 1.92 bits per heavy atom. The molecule has 3 heterocycles. The smallest absolute Gasteiger partial charge is 0.207 e. The van der Waals surface area contributed by atoms with Gasteiger partial charge in [0, 0.05) is 54.3 Å². The third-order valence-corrected chi connectivity index (χ3v) is 7.64. The molecule has 0 aliphatic carbocycles. The standard InChI is InChI=1S/C31H31FN4O2/c1-4-24(37)17-29-26-9-6-10-27(32)30(26)33-31(36(29)22-8-5-7-20(2)15-22)34-13-14-35-23(19-34)16-21-11-12-25(38-3)18-28(21)35/h5-12,15-16,18,29H,4,13-14,17,19H2,1-3H3. The number of aliphatic imine (C=N–C) groups is 1. The number of guanidine groups is 1. The lowest BCUT2D eigenvalue weighted by atomic mass is 9.94. The van der Waals surface area contributed by atoms with E-state index in [1.165, 1.54) is 6.07 Å². The van der Waals surface area contributed by atoms with Crippen molar-refractivity contribution in [3.63, 3.8) is 0 Å². The summed E-state index contributed by atoms with van der Waals surface area (Å²) in [5.74, 6) is 1.28. The fraction of sp³-hybridized carbons (Fsp3) is 0.290. The fourth-order valence-electron chi connectivity index (χ4n) is 5.69. The molecule has 38 heavy (non-hydrogen) atoms. The third-order valence-electron chi connectivity index (χ3n) is 7.64. The molecule has 3 aromatic carbocycles. The van der Waals surface area contributed by atoms with Crippen molar-refractivity contribution in [2.24, 2.45) is 4.99 Å². The molecule has 7 heteroatoms. The lowest BCUT2D eigenvalue weighted by Crippen LogP contribution is -2.50. The predicted molar refractivity (Wildman–Crippen MR) is 149 cm³/mol. The molecule has 1 aromatic heterocycles. The van der Waals surface area contributed by atoms with Gasteiger partial charge in [-0.25, -0.2) is 9.38 Å². The molecule has 1 unspecified atom stereocenters. The Morgan fingerprint density at radius 3 is 2.71 bits per heavy atom. The van der Waals surface area contributed by atoms with Crippen LogP contribution in [0.25, 0.3) is 10.9 Å². The van der Waals surface area contributed by atoms with Crippen LogP contribution in [-0.4, -0.2) is 34.9 Å². The zero-order chi connectivity index (χ0) is 26.4. The molecule has 2 aliphatic heterocycles.